The van der Waals surface area contributed by atoms with Gasteiger partial charge in [-0.3, -0.25) is 0 Å². The van der Waals surface area contributed by atoms with E-state index in [2.05, 4.69) is 4.72 Å². The van der Waals surface area contributed by atoms with Gasteiger partial charge in [0.25, 0.3) is 0 Å². The first-order chi connectivity index (χ1) is 7.51. The van der Waals surface area contributed by atoms with Gasteiger partial charge in [-0.25, -0.2) is 17.9 Å². The van der Waals surface area contributed by atoms with Crippen molar-refractivity contribution in [3.8, 4) is 0 Å². The fourth-order valence-corrected chi connectivity index (χ4v) is 2.85. The molecule has 0 aliphatic rings. The average Bonchev–Trinajstić information content (AvgIpc) is 2.75. The second-order valence-electron chi connectivity index (χ2n) is 2.99. The smallest absolute Gasteiger partial charge is 0.348 e. The van der Waals surface area contributed by atoms with E-state index in [0.29, 0.717) is 11.5 Å². The number of esters is 1. The van der Waals surface area contributed by atoms with E-state index in [1.165, 1.54) is 18.5 Å². The highest BCUT2D eigenvalue weighted by Gasteiger charge is 2.17. The Morgan fingerprint density at radius 3 is 2.81 bits per heavy atom. The van der Waals surface area contributed by atoms with Gasteiger partial charge < -0.3 is 4.74 Å². The number of rotatable bonds is 5. The molecular weight excluding hydrogens is 250 g/mol. The lowest BCUT2D eigenvalue weighted by molar-refractivity contribution is 0.0510. The molecule has 0 saturated heterocycles. The second-order valence-corrected chi connectivity index (χ2v) is 5.79. The van der Waals surface area contributed by atoms with Gasteiger partial charge in [-0.05, 0) is 19.5 Å². The van der Waals surface area contributed by atoms with Crippen molar-refractivity contribution in [2.45, 2.75) is 18.2 Å². The van der Waals surface area contributed by atoms with Crippen molar-refractivity contribution < 1.29 is 17.9 Å². The molecule has 90 valence electrons. The maximum Gasteiger partial charge on any atom is 0.348 e. The zero-order valence-electron chi connectivity index (χ0n) is 9.02. The van der Waals surface area contributed by atoms with Gasteiger partial charge in [0.15, 0.2) is 0 Å². The Balaban J connectivity index is 2.83. The van der Waals surface area contributed by atoms with Crippen molar-refractivity contribution in [1.29, 1.82) is 0 Å². The molecule has 0 saturated carbocycles. The molecule has 1 heterocycles. The van der Waals surface area contributed by atoms with Crippen LogP contribution in [0.3, 0.4) is 0 Å². The van der Waals surface area contributed by atoms with Gasteiger partial charge in [-0.2, -0.15) is 0 Å². The van der Waals surface area contributed by atoms with Crippen LogP contribution in [0.4, 0.5) is 0 Å². The summed E-state index contributed by atoms with van der Waals surface area (Å²) in [6.45, 7) is 2.23. The monoisotopic (exact) mass is 263 g/mol. The van der Waals surface area contributed by atoms with E-state index >= 15 is 0 Å². The third kappa shape index (κ3) is 3.03. The molecule has 1 aromatic rings. The minimum atomic E-state index is -3.48. The van der Waals surface area contributed by atoms with Gasteiger partial charge in [-0.1, -0.05) is 6.92 Å². The van der Waals surface area contributed by atoms with Crippen LogP contribution < -0.4 is 4.72 Å². The van der Waals surface area contributed by atoms with Crippen molar-refractivity contribution in [1.82, 2.24) is 4.72 Å². The van der Waals surface area contributed by atoms with Gasteiger partial charge in [-0.15, -0.1) is 11.3 Å². The van der Waals surface area contributed by atoms with Crippen LogP contribution in [0.1, 0.15) is 23.0 Å². The molecule has 0 unspecified atom stereocenters. The van der Waals surface area contributed by atoms with E-state index in [0.717, 1.165) is 17.8 Å². The van der Waals surface area contributed by atoms with Gasteiger partial charge in [0.2, 0.25) is 10.0 Å². The Hall–Kier alpha value is -0.920. The highest BCUT2D eigenvalue weighted by molar-refractivity contribution is 7.89. The topological polar surface area (TPSA) is 72.5 Å². The summed E-state index contributed by atoms with van der Waals surface area (Å²) in [5, 5.41) is 1.41. The van der Waals surface area contributed by atoms with Crippen LogP contribution >= 0.6 is 11.3 Å². The van der Waals surface area contributed by atoms with Crippen molar-refractivity contribution >= 4 is 27.3 Å². The number of hydrogen-bond acceptors (Lipinski definition) is 5. The molecule has 0 atom stereocenters. The predicted molar refractivity (Wildman–Crippen MR) is 61.1 cm³/mol. The van der Waals surface area contributed by atoms with Gasteiger partial charge >= 0.3 is 5.97 Å². The van der Waals surface area contributed by atoms with Crippen molar-refractivity contribution in [2.24, 2.45) is 0 Å². The van der Waals surface area contributed by atoms with Crippen LogP contribution in [-0.2, 0) is 14.8 Å². The van der Waals surface area contributed by atoms with E-state index in [4.69, 9.17) is 4.74 Å². The summed E-state index contributed by atoms with van der Waals surface area (Å²) in [5.41, 5.74) is 0. The molecule has 1 aromatic heterocycles. The first-order valence-corrected chi connectivity index (χ1v) is 7.06. The third-order valence-electron chi connectivity index (χ3n) is 1.79. The molecular formula is C9H13NO4S2. The van der Waals surface area contributed by atoms with Gasteiger partial charge in [0.05, 0.1) is 11.5 Å². The summed E-state index contributed by atoms with van der Waals surface area (Å²) in [7, 11) is -2.16. The van der Waals surface area contributed by atoms with E-state index in [9.17, 15) is 13.2 Å². The minimum absolute atomic E-state index is 0.0865. The number of carbonyl (C=O) groups is 1. The minimum Gasteiger partial charge on any atom is -0.462 e. The molecule has 0 bridgehead atoms. The van der Waals surface area contributed by atoms with E-state index in [1.54, 1.807) is 0 Å². The van der Waals surface area contributed by atoms with Crippen molar-refractivity contribution in [3.63, 3.8) is 0 Å². The quantitative estimate of drug-likeness (QED) is 0.811. The average molecular weight is 263 g/mol. The number of sulfonamides is 1. The highest BCUT2D eigenvalue weighted by atomic mass is 32.2. The zero-order valence-corrected chi connectivity index (χ0v) is 10.7. The lowest BCUT2D eigenvalue weighted by Crippen LogP contribution is -2.17. The van der Waals surface area contributed by atoms with Crippen LogP contribution in [0.5, 0.6) is 0 Å². The lowest BCUT2D eigenvalue weighted by Gasteiger charge is -1.99. The Labute approximate surface area is 98.5 Å². The van der Waals surface area contributed by atoms with Crippen LogP contribution in [0.2, 0.25) is 0 Å². The van der Waals surface area contributed by atoms with Gasteiger partial charge in [0, 0.05) is 5.38 Å². The first kappa shape index (κ1) is 13.1. The number of ether oxygens (including phenoxy) is 1. The largest absolute Gasteiger partial charge is 0.462 e. The summed E-state index contributed by atoms with van der Waals surface area (Å²) >= 11 is 1.06. The SMILES string of the molecule is CCCOC(=O)c1cc(S(=O)(=O)NC)cs1. The second kappa shape index (κ2) is 5.42. The van der Waals surface area contributed by atoms with Crippen LogP contribution in [0.15, 0.2) is 16.3 Å². The van der Waals surface area contributed by atoms with E-state index in [-0.39, 0.29) is 4.90 Å². The van der Waals surface area contributed by atoms with E-state index in [1.807, 2.05) is 6.92 Å². The molecule has 7 heteroatoms. The molecule has 5 nitrogen and oxygen atoms in total. The number of carbonyl (C=O) groups excluding carboxylic acids is 1. The maximum absolute atomic E-state index is 11.4. The first-order valence-electron chi connectivity index (χ1n) is 4.70. The van der Waals surface area contributed by atoms with Crippen LogP contribution in [0.25, 0.3) is 0 Å². The Kier molecular flexibility index (Phi) is 4.45. The fourth-order valence-electron chi connectivity index (χ4n) is 0.951. The molecule has 0 fully saturated rings. The summed E-state index contributed by atoms with van der Waals surface area (Å²) in [4.78, 5) is 11.8. The third-order valence-corrected chi connectivity index (χ3v) is 4.25. The number of hydrogen-bond donors (Lipinski definition) is 1. The molecule has 0 radical (unpaired) electrons. The molecule has 1 N–H and O–H groups in total. The Morgan fingerprint density at radius 2 is 2.25 bits per heavy atom. The molecule has 0 amide bonds. The molecule has 0 aliphatic carbocycles. The lowest BCUT2D eigenvalue weighted by atomic mass is 10.4. The van der Waals surface area contributed by atoms with E-state index < -0.39 is 16.0 Å². The summed E-state index contributed by atoms with van der Waals surface area (Å²) < 4.78 is 29.9. The molecule has 16 heavy (non-hydrogen) atoms. The summed E-state index contributed by atoms with van der Waals surface area (Å²) in [6, 6.07) is 1.31. The van der Waals surface area contributed by atoms with Crippen LogP contribution in [0, 0.1) is 0 Å². The standard InChI is InChI=1S/C9H13NO4S2/c1-3-4-14-9(11)8-5-7(6-15-8)16(12,13)10-2/h5-6,10H,3-4H2,1-2H3. The van der Waals surface area contributed by atoms with Crippen molar-refractivity contribution in [3.05, 3.63) is 16.3 Å². The summed E-state index contributed by atoms with van der Waals surface area (Å²) in [6.07, 6.45) is 0.735. The van der Waals surface area contributed by atoms with Gasteiger partial charge in [0.1, 0.15) is 4.88 Å². The number of nitrogens with one attached hydrogen (secondary N) is 1. The normalized spacial score (nSPS) is 11.4. The zero-order chi connectivity index (χ0) is 12.2. The number of thiophene rings is 1. The van der Waals surface area contributed by atoms with Crippen molar-refractivity contribution in [2.75, 3.05) is 13.7 Å². The predicted octanol–water partition coefficient (Wildman–Crippen LogP) is 1.22. The molecule has 0 aliphatic heterocycles. The summed E-state index contributed by atoms with van der Waals surface area (Å²) in [5.74, 6) is -0.482. The maximum atomic E-state index is 11.4. The fraction of sp³-hybridized carbons (Fsp3) is 0.444. The Bertz CT molecular complexity index is 464. The molecule has 0 spiro atoms. The Morgan fingerprint density at radius 1 is 1.56 bits per heavy atom. The van der Waals surface area contributed by atoms with Crippen LogP contribution in [-0.4, -0.2) is 28.0 Å². The molecule has 1 rings (SSSR count). The molecule has 0 aromatic carbocycles. The highest BCUT2D eigenvalue weighted by Crippen LogP contribution is 2.19.